The van der Waals surface area contributed by atoms with E-state index in [2.05, 4.69) is 26.1 Å². The van der Waals surface area contributed by atoms with Gasteiger partial charge in [-0.15, -0.1) is 0 Å². The summed E-state index contributed by atoms with van der Waals surface area (Å²) < 4.78 is 6.22. The van der Waals surface area contributed by atoms with Crippen molar-refractivity contribution in [2.45, 2.75) is 12.8 Å². The van der Waals surface area contributed by atoms with Crippen LogP contribution in [0.3, 0.4) is 0 Å². The minimum atomic E-state index is -0.555. The van der Waals surface area contributed by atoms with Crippen LogP contribution in [0.4, 0.5) is 11.4 Å². The third kappa shape index (κ3) is 2.82. The first-order valence-corrected chi connectivity index (χ1v) is 7.83. The fourth-order valence-electron chi connectivity index (χ4n) is 2.86. The van der Waals surface area contributed by atoms with Gasteiger partial charge in [0.2, 0.25) is 0 Å². The Bertz CT molecular complexity index is 597. The van der Waals surface area contributed by atoms with Crippen LogP contribution in [0.2, 0.25) is 0 Å². The molecule has 3 rings (SSSR count). The highest BCUT2D eigenvalue weighted by Crippen LogP contribution is 2.35. The highest BCUT2D eigenvalue weighted by atomic mass is 79.9. The Morgan fingerprint density at radius 3 is 2.76 bits per heavy atom. The van der Waals surface area contributed by atoms with Gasteiger partial charge < -0.3 is 15.0 Å². The molecule has 1 fully saturated rings. The number of halogens is 1. The summed E-state index contributed by atoms with van der Waals surface area (Å²) >= 11 is 3.51. The SMILES string of the molecule is CN(CC1CCOCC1)c1cc2c(cc1Br)C(=O)C(=O)N2. The van der Waals surface area contributed by atoms with E-state index in [9.17, 15) is 9.59 Å². The third-order valence-electron chi connectivity index (χ3n) is 4.07. The van der Waals surface area contributed by atoms with Crippen LogP contribution >= 0.6 is 15.9 Å². The average molecular weight is 353 g/mol. The molecule has 1 N–H and O–H groups in total. The lowest BCUT2D eigenvalue weighted by Gasteiger charge is -2.29. The molecule has 2 aliphatic rings. The molecule has 1 amide bonds. The van der Waals surface area contributed by atoms with Gasteiger partial charge in [0.05, 0.1) is 16.9 Å². The Labute approximate surface area is 131 Å². The molecular formula is C15H17BrN2O3. The molecule has 0 aromatic heterocycles. The van der Waals surface area contributed by atoms with Gasteiger partial charge in [-0.1, -0.05) is 0 Å². The standard InChI is InChI=1S/C15H17BrN2O3/c1-18(8-9-2-4-21-5-3-9)13-7-12-10(6-11(13)16)14(19)15(20)17-12/h6-7,9H,2-5,8H2,1H3,(H,17,19,20). The second-order valence-electron chi connectivity index (χ2n) is 5.57. The maximum absolute atomic E-state index is 11.7. The van der Waals surface area contributed by atoms with Crippen LogP contribution < -0.4 is 10.2 Å². The van der Waals surface area contributed by atoms with Gasteiger partial charge in [0, 0.05) is 31.3 Å². The number of carbonyl (C=O) groups is 2. The summed E-state index contributed by atoms with van der Waals surface area (Å²) in [6.07, 6.45) is 2.14. The monoisotopic (exact) mass is 352 g/mol. The molecule has 0 spiro atoms. The third-order valence-corrected chi connectivity index (χ3v) is 4.71. The molecule has 0 saturated carbocycles. The predicted molar refractivity (Wildman–Crippen MR) is 83.9 cm³/mol. The van der Waals surface area contributed by atoms with Crippen molar-refractivity contribution in [3.05, 3.63) is 22.2 Å². The molecule has 0 aliphatic carbocycles. The molecule has 112 valence electrons. The first-order valence-electron chi connectivity index (χ1n) is 7.04. The zero-order chi connectivity index (χ0) is 15.0. The smallest absolute Gasteiger partial charge is 0.296 e. The Hall–Kier alpha value is -1.40. The molecule has 1 saturated heterocycles. The molecule has 1 aromatic carbocycles. The van der Waals surface area contributed by atoms with E-state index in [0.29, 0.717) is 17.2 Å². The largest absolute Gasteiger partial charge is 0.381 e. The summed E-state index contributed by atoms with van der Waals surface area (Å²) in [4.78, 5) is 25.3. The van der Waals surface area contributed by atoms with E-state index in [1.54, 1.807) is 6.07 Å². The number of rotatable bonds is 3. The lowest BCUT2D eigenvalue weighted by Crippen LogP contribution is -2.29. The van der Waals surface area contributed by atoms with Crippen molar-refractivity contribution in [3.8, 4) is 0 Å². The molecule has 0 radical (unpaired) electrons. The molecule has 0 atom stereocenters. The van der Waals surface area contributed by atoms with Gasteiger partial charge in [0.1, 0.15) is 0 Å². The zero-order valence-corrected chi connectivity index (χ0v) is 13.4. The van der Waals surface area contributed by atoms with Gasteiger partial charge in [-0.2, -0.15) is 0 Å². The maximum atomic E-state index is 11.7. The highest BCUT2D eigenvalue weighted by molar-refractivity contribution is 9.10. The van der Waals surface area contributed by atoms with Crippen molar-refractivity contribution < 1.29 is 14.3 Å². The van der Waals surface area contributed by atoms with E-state index in [1.165, 1.54) is 0 Å². The fraction of sp³-hybridized carbons (Fsp3) is 0.467. The van der Waals surface area contributed by atoms with Crippen molar-refractivity contribution in [2.75, 3.05) is 37.0 Å². The molecule has 5 nitrogen and oxygen atoms in total. The highest BCUT2D eigenvalue weighted by Gasteiger charge is 2.29. The molecule has 0 unspecified atom stereocenters. The number of nitrogens with one attached hydrogen (secondary N) is 1. The topological polar surface area (TPSA) is 58.6 Å². The van der Waals surface area contributed by atoms with Crippen LogP contribution in [0.1, 0.15) is 23.2 Å². The minimum absolute atomic E-state index is 0.440. The second-order valence-corrected chi connectivity index (χ2v) is 6.42. The number of benzene rings is 1. The molecular weight excluding hydrogens is 336 g/mol. The van der Waals surface area contributed by atoms with Crippen molar-refractivity contribution in [1.29, 1.82) is 0 Å². The zero-order valence-electron chi connectivity index (χ0n) is 11.8. The normalized spacial score (nSPS) is 18.6. The summed E-state index contributed by atoms with van der Waals surface area (Å²) in [5.41, 5.74) is 2.02. The molecule has 21 heavy (non-hydrogen) atoms. The second kappa shape index (κ2) is 5.77. The minimum Gasteiger partial charge on any atom is -0.381 e. The maximum Gasteiger partial charge on any atom is 0.296 e. The first-order chi connectivity index (χ1) is 10.1. The van der Waals surface area contributed by atoms with Gasteiger partial charge >= 0.3 is 0 Å². The first kappa shape index (κ1) is 14.5. The predicted octanol–water partition coefficient (Wildman–Crippen LogP) is 2.45. The van der Waals surface area contributed by atoms with Crippen LogP contribution in [0.15, 0.2) is 16.6 Å². The molecule has 2 aliphatic heterocycles. The summed E-state index contributed by atoms with van der Waals surface area (Å²) in [6.45, 7) is 2.59. The van der Waals surface area contributed by atoms with E-state index >= 15 is 0 Å². The van der Waals surface area contributed by atoms with Crippen LogP contribution in [0, 0.1) is 5.92 Å². The number of amides is 1. The van der Waals surface area contributed by atoms with Crippen molar-refractivity contribution in [1.82, 2.24) is 0 Å². The molecule has 0 bridgehead atoms. The quantitative estimate of drug-likeness (QED) is 0.848. The van der Waals surface area contributed by atoms with E-state index < -0.39 is 11.7 Å². The number of ether oxygens (including phenoxy) is 1. The molecule has 6 heteroatoms. The summed E-state index contributed by atoms with van der Waals surface area (Å²) in [7, 11) is 2.03. The van der Waals surface area contributed by atoms with Gasteiger partial charge in [0.15, 0.2) is 0 Å². The van der Waals surface area contributed by atoms with Crippen LogP contribution in [0.5, 0.6) is 0 Å². The summed E-state index contributed by atoms with van der Waals surface area (Å²) in [6, 6.07) is 3.59. The number of nitrogens with zero attached hydrogens (tertiary/aromatic N) is 1. The number of Topliss-reactive ketones (excluding diaryl/α,β-unsaturated/α-hetero) is 1. The van der Waals surface area contributed by atoms with Crippen molar-refractivity contribution >= 4 is 39.0 Å². The Morgan fingerprint density at radius 2 is 2.05 bits per heavy atom. The Balaban J connectivity index is 1.80. The number of hydrogen-bond acceptors (Lipinski definition) is 4. The number of carbonyl (C=O) groups excluding carboxylic acids is 2. The van der Waals surface area contributed by atoms with Gasteiger partial charge in [-0.25, -0.2) is 0 Å². The number of hydrogen-bond donors (Lipinski definition) is 1. The summed E-state index contributed by atoms with van der Waals surface area (Å²) in [5.74, 6) is -0.411. The molecule has 2 heterocycles. The van der Waals surface area contributed by atoms with Crippen molar-refractivity contribution in [2.24, 2.45) is 5.92 Å². The Kier molecular flexibility index (Phi) is 3.99. The van der Waals surface area contributed by atoms with Crippen molar-refractivity contribution in [3.63, 3.8) is 0 Å². The van der Waals surface area contributed by atoms with E-state index in [4.69, 9.17) is 4.74 Å². The van der Waals surface area contributed by atoms with Gasteiger partial charge in [-0.3, -0.25) is 9.59 Å². The van der Waals surface area contributed by atoms with Crippen LogP contribution in [-0.2, 0) is 9.53 Å². The van der Waals surface area contributed by atoms with E-state index in [1.807, 2.05) is 13.1 Å². The Morgan fingerprint density at radius 1 is 1.33 bits per heavy atom. The number of anilines is 2. The van der Waals surface area contributed by atoms with E-state index in [-0.39, 0.29) is 0 Å². The van der Waals surface area contributed by atoms with Gasteiger partial charge in [-0.05, 0) is 46.8 Å². The fourth-order valence-corrected chi connectivity index (χ4v) is 3.51. The number of ketones is 1. The molecule has 1 aromatic rings. The van der Waals surface area contributed by atoms with Crippen LogP contribution in [-0.4, -0.2) is 38.5 Å². The average Bonchev–Trinajstić information content (AvgIpc) is 2.74. The number of fused-ring (bicyclic) bond motifs is 1. The lowest BCUT2D eigenvalue weighted by atomic mass is 9.99. The van der Waals surface area contributed by atoms with Gasteiger partial charge in [0.25, 0.3) is 11.7 Å². The van der Waals surface area contributed by atoms with Crippen LogP contribution in [0.25, 0.3) is 0 Å². The summed E-state index contributed by atoms with van der Waals surface area (Å²) in [5, 5.41) is 2.62. The lowest BCUT2D eigenvalue weighted by molar-refractivity contribution is -0.112. The van der Waals surface area contributed by atoms with E-state index in [0.717, 1.165) is 42.8 Å².